The van der Waals surface area contributed by atoms with E-state index >= 15 is 0 Å². The summed E-state index contributed by atoms with van der Waals surface area (Å²) < 4.78 is 13.3. The van der Waals surface area contributed by atoms with Crippen molar-refractivity contribution in [2.45, 2.75) is 31.2 Å². The summed E-state index contributed by atoms with van der Waals surface area (Å²) in [5, 5.41) is 5.53. The second kappa shape index (κ2) is 4.73. The van der Waals surface area contributed by atoms with Crippen LogP contribution in [0.4, 0.5) is 9.18 Å². The Bertz CT molecular complexity index is 414. The van der Waals surface area contributed by atoms with E-state index in [-0.39, 0.29) is 11.8 Å². The molecule has 1 aliphatic rings. The van der Waals surface area contributed by atoms with Crippen molar-refractivity contribution in [3.8, 4) is 0 Å². The molecular formula is C13H17FN2O. The zero-order valence-corrected chi connectivity index (χ0v) is 9.92. The number of urea groups is 1. The smallest absolute Gasteiger partial charge is 0.315 e. The molecule has 0 heterocycles. The maximum absolute atomic E-state index is 13.3. The lowest BCUT2D eigenvalue weighted by molar-refractivity contribution is 0.226. The first kappa shape index (κ1) is 11.9. The van der Waals surface area contributed by atoms with Gasteiger partial charge in [0, 0.05) is 7.05 Å². The fraction of sp³-hybridized carbons (Fsp3) is 0.462. The van der Waals surface area contributed by atoms with E-state index < -0.39 is 5.54 Å². The van der Waals surface area contributed by atoms with Crippen LogP contribution in [0.1, 0.15) is 31.2 Å². The molecule has 0 saturated heterocycles. The Morgan fingerprint density at radius 3 is 2.65 bits per heavy atom. The molecule has 0 aromatic heterocycles. The second-order valence-corrected chi connectivity index (χ2v) is 4.50. The molecule has 1 aliphatic carbocycles. The molecule has 1 aromatic rings. The van der Waals surface area contributed by atoms with Gasteiger partial charge in [-0.15, -0.1) is 0 Å². The van der Waals surface area contributed by atoms with Crippen molar-refractivity contribution >= 4 is 6.03 Å². The number of rotatable bonds is 2. The first-order chi connectivity index (χ1) is 8.16. The van der Waals surface area contributed by atoms with Crippen LogP contribution in [0.2, 0.25) is 0 Å². The van der Waals surface area contributed by atoms with Gasteiger partial charge in [0.15, 0.2) is 0 Å². The minimum atomic E-state index is -0.401. The lowest BCUT2D eigenvalue weighted by Crippen LogP contribution is -2.47. The van der Waals surface area contributed by atoms with Gasteiger partial charge in [0.05, 0.1) is 5.54 Å². The minimum Gasteiger partial charge on any atom is -0.341 e. The van der Waals surface area contributed by atoms with Crippen molar-refractivity contribution in [3.63, 3.8) is 0 Å². The first-order valence-corrected chi connectivity index (χ1v) is 5.92. The Balaban J connectivity index is 2.30. The molecule has 1 saturated carbocycles. The van der Waals surface area contributed by atoms with Gasteiger partial charge in [-0.3, -0.25) is 0 Å². The summed E-state index contributed by atoms with van der Waals surface area (Å²) in [5.41, 5.74) is 0.459. The van der Waals surface area contributed by atoms with Crippen molar-refractivity contribution in [1.29, 1.82) is 0 Å². The van der Waals surface area contributed by atoms with Crippen molar-refractivity contribution in [2.24, 2.45) is 0 Å². The van der Waals surface area contributed by atoms with Gasteiger partial charge >= 0.3 is 6.03 Å². The number of hydrogen-bond donors (Lipinski definition) is 2. The van der Waals surface area contributed by atoms with Gasteiger partial charge in [-0.05, 0) is 30.5 Å². The van der Waals surface area contributed by atoms with Crippen LogP contribution in [-0.4, -0.2) is 13.1 Å². The monoisotopic (exact) mass is 236 g/mol. The maximum Gasteiger partial charge on any atom is 0.315 e. The standard InChI is InChI=1S/C13H17FN2O/c1-15-12(17)16-13(7-2-3-8-13)10-5-4-6-11(14)9-10/h4-6,9H,2-3,7-8H2,1H3,(H2,15,16,17). The van der Waals surface area contributed by atoms with Gasteiger partial charge in [-0.25, -0.2) is 9.18 Å². The molecule has 1 fully saturated rings. The lowest BCUT2D eigenvalue weighted by atomic mass is 9.88. The third-order valence-electron chi connectivity index (χ3n) is 3.41. The van der Waals surface area contributed by atoms with Crippen LogP contribution in [0.15, 0.2) is 24.3 Å². The summed E-state index contributed by atoms with van der Waals surface area (Å²) in [7, 11) is 1.59. The molecule has 0 spiro atoms. The predicted molar refractivity (Wildman–Crippen MR) is 64.1 cm³/mol. The molecule has 92 valence electrons. The summed E-state index contributed by atoms with van der Waals surface area (Å²) in [6.07, 6.45) is 3.84. The van der Waals surface area contributed by atoms with Crippen LogP contribution in [0.3, 0.4) is 0 Å². The highest BCUT2D eigenvalue weighted by Gasteiger charge is 2.37. The molecule has 2 rings (SSSR count). The van der Waals surface area contributed by atoms with Crippen LogP contribution in [-0.2, 0) is 5.54 Å². The summed E-state index contributed by atoms with van der Waals surface area (Å²) in [6, 6.07) is 6.30. The van der Waals surface area contributed by atoms with Gasteiger partial charge in [0.2, 0.25) is 0 Å². The van der Waals surface area contributed by atoms with Crippen molar-refractivity contribution in [1.82, 2.24) is 10.6 Å². The molecule has 17 heavy (non-hydrogen) atoms. The van der Waals surface area contributed by atoms with Crippen LogP contribution >= 0.6 is 0 Å². The van der Waals surface area contributed by atoms with E-state index in [9.17, 15) is 9.18 Å². The van der Waals surface area contributed by atoms with Gasteiger partial charge in [-0.2, -0.15) is 0 Å². The molecular weight excluding hydrogens is 219 g/mol. The average molecular weight is 236 g/mol. The van der Waals surface area contributed by atoms with Crippen LogP contribution in [0.25, 0.3) is 0 Å². The van der Waals surface area contributed by atoms with Gasteiger partial charge < -0.3 is 10.6 Å². The highest BCUT2D eigenvalue weighted by atomic mass is 19.1. The molecule has 0 atom stereocenters. The van der Waals surface area contributed by atoms with Crippen molar-refractivity contribution in [3.05, 3.63) is 35.6 Å². The van der Waals surface area contributed by atoms with Gasteiger partial charge in [0.1, 0.15) is 5.82 Å². The summed E-state index contributed by atoms with van der Waals surface area (Å²) >= 11 is 0. The first-order valence-electron chi connectivity index (χ1n) is 5.92. The SMILES string of the molecule is CNC(=O)NC1(c2cccc(F)c2)CCCC1. The Hall–Kier alpha value is -1.58. The van der Waals surface area contributed by atoms with E-state index in [1.165, 1.54) is 12.1 Å². The predicted octanol–water partition coefficient (Wildman–Crippen LogP) is 2.52. The highest BCUT2D eigenvalue weighted by Crippen LogP contribution is 2.38. The minimum absolute atomic E-state index is 0.212. The average Bonchev–Trinajstić information content (AvgIpc) is 2.79. The van der Waals surface area contributed by atoms with Crippen LogP contribution < -0.4 is 10.6 Å². The summed E-state index contributed by atoms with van der Waals surface area (Å²) in [5.74, 6) is -0.257. The molecule has 4 heteroatoms. The van der Waals surface area contributed by atoms with E-state index in [1.807, 2.05) is 6.07 Å². The molecule has 0 aliphatic heterocycles. The summed E-state index contributed by atoms with van der Waals surface area (Å²) in [4.78, 5) is 11.5. The second-order valence-electron chi connectivity index (χ2n) is 4.50. The zero-order chi connectivity index (χ0) is 12.3. The van der Waals surface area contributed by atoms with Crippen LogP contribution in [0.5, 0.6) is 0 Å². The topological polar surface area (TPSA) is 41.1 Å². The summed E-state index contributed by atoms with van der Waals surface area (Å²) in [6.45, 7) is 0. The normalized spacial score (nSPS) is 17.8. The molecule has 2 amide bonds. The number of halogens is 1. The molecule has 3 nitrogen and oxygen atoms in total. The molecule has 1 aromatic carbocycles. The third-order valence-corrected chi connectivity index (χ3v) is 3.41. The molecule has 0 bridgehead atoms. The van der Waals surface area contributed by atoms with E-state index in [0.29, 0.717) is 0 Å². The van der Waals surface area contributed by atoms with E-state index in [2.05, 4.69) is 10.6 Å². The molecule has 0 radical (unpaired) electrons. The fourth-order valence-electron chi connectivity index (χ4n) is 2.53. The maximum atomic E-state index is 13.3. The van der Waals surface area contributed by atoms with Crippen LogP contribution in [0, 0.1) is 5.82 Å². The number of carbonyl (C=O) groups is 1. The van der Waals surface area contributed by atoms with E-state index in [1.54, 1.807) is 13.1 Å². The van der Waals surface area contributed by atoms with Gasteiger partial charge in [0.25, 0.3) is 0 Å². The Labute approximate surface area is 100 Å². The third kappa shape index (κ3) is 2.40. The Morgan fingerprint density at radius 1 is 1.35 bits per heavy atom. The number of nitrogens with one attached hydrogen (secondary N) is 2. The lowest BCUT2D eigenvalue weighted by Gasteiger charge is -2.30. The van der Waals surface area contributed by atoms with Crippen molar-refractivity contribution < 1.29 is 9.18 Å². The number of benzene rings is 1. The number of amides is 2. The fourth-order valence-corrected chi connectivity index (χ4v) is 2.53. The number of hydrogen-bond acceptors (Lipinski definition) is 1. The molecule has 0 unspecified atom stereocenters. The Kier molecular flexibility index (Phi) is 3.31. The van der Waals surface area contributed by atoms with E-state index in [4.69, 9.17) is 0 Å². The zero-order valence-electron chi connectivity index (χ0n) is 9.92. The Morgan fingerprint density at radius 2 is 2.06 bits per heavy atom. The van der Waals surface area contributed by atoms with Gasteiger partial charge in [-0.1, -0.05) is 25.0 Å². The largest absolute Gasteiger partial charge is 0.341 e. The highest BCUT2D eigenvalue weighted by molar-refractivity contribution is 5.74. The van der Waals surface area contributed by atoms with Crippen molar-refractivity contribution in [2.75, 3.05) is 7.05 Å². The quantitative estimate of drug-likeness (QED) is 0.814. The molecule has 2 N–H and O–H groups in total. The van der Waals surface area contributed by atoms with E-state index in [0.717, 1.165) is 31.2 Å². The number of carbonyl (C=O) groups excluding carboxylic acids is 1.